The number of anilines is 2. The fourth-order valence-electron chi connectivity index (χ4n) is 3.62. The standard InChI is InChI=1S/C23H13Br2Cl3F2N2O2/c24-11-6-10(7-12(25)8-11)18-19(23(18,27)28)22(34)31-13-4-5-15(26)14(9-13)21(33)32-20-16(29)2-1-3-17(20)30/h1-9,18-19H,(H,31,34)(H,32,33)/t18-,19+/m1/s1. The van der Waals surface area contributed by atoms with Crippen LogP contribution in [0.2, 0.25) is 5.02 Å². The van der Waals surface area contributed by atoms with Crippen LogP contribution in [-0.2, 0) is 4.79 Å². The van der Waals surface area contributed by atoms with Crippen molar-refractivity contribution in [2.75, 3.05) is 10.6 Å². The van der Waals surface area contributed by atoms with Crippen molar-refractivity contribution in [3.05, 3.63) is 91.3 Å². The SMILES string of the molecule is O=C(Nc1c(F)cccc1F)c1cc(NC(=O)[C@@H]2[C@@H](c3cc(Br)cc(Br)c3)C2(Cl)Cl)ccc1Cl. The zero-order chi connectivity index (χ0) is 24.8. The molecular weight excluding hydrogens is 640 g/mol. The second kappa shape index (κ2) is 9.74. The minimum Gasteiger partial charge on any atom is -0.326 e. The number of carbonyl (C=O) groups excluding carboxylic acids is 2. The molecule has 0 heterocycles. The Morgan fingerprint density at radius 2 is 1.53 bits per heavy atom. The third-order valence-electron chi connectivity index (χ3n) is 5.26. The molecule has 0 aliphatic heterocycles. The molecule has 34 heavy (non-hydrogen) atoms. The molecule has 3 aromatic carbocycles. The van der Waals surface area contributed by atoms with Crippen LogP contribution in [0.25, 0.3) is 0 Å². The van der Waals surface area contributed by atoms with Crippen LogP contribution in [-0.4, -0.2) is 16.1 Å². The van der Waals surface area contributed by atoms with Gasteiger partial charge in [-0.2, -0.15) is 0 Å². The van der Waals surface area contributed by atoms with Crippen LogP contribution in [0.15, 0.2) is 63.5 Å². The van der Waals surface area contributed by atoms with Crippen molar-refractivity contribution in [2.24, 2.45) is 5.92 Å². The van der Waals surface area contributed by atoms with Crippen molar-refractivity contribution < 1.29 is 18.4 Å². The second-order valence-corrected chi connectivity index (χ2v) is 11.3. The van der Waals surface area contributed by atoms with E-state index >= 15 is 0 Å². The summed E-state index contributed by atoms with van der Waals surface area (Å²) < 4.78 is 28.1. The summed E-state index contributed by atoms with van der Waals surface area (Å²) in [7, 11) is 0. The van der Waals surface area contributed by atoms with Gasteiger partial charge in [0.1, 0.15) is 21.7 Å². The van der Waals surface area contributed by atoms with Gasteiger partial charge in [0, 0.05) is 20.6 Å². The average molecular weight is 654 g/mol. The molecule has 0 radical (unpaired) electrons. The number of benzene rings is 3. The van der Waals surface area contributed by atoms with Gasteiger partial charge in [0.2, 0.25) is 5.91 Å². The third kappa shape index (κ3) is 5.11. The molecule has 1 aliphatic rings. The van der Waals surface area contributed by atoms with Gasteiger partial charge in [0.25, 0.3) is 5.91 Å². The summed E-state index contributed by atoms with van der Waals surface area (Å²) in [5, 5.41) is 4.87. The van der Waals surface area contributed by atoms with E-state index in [-0.39, 0.29) is 16.3 Å². The predicted molar refractivity (Wildman–Crippen MR) is 137 cm³/mol. The van der Waals surface area contributed by atoms with E-state index in [1.54, 1.807) is 0 Å². The lowest BCUT2D eigenvalue weighted by Gasteiger charge is -2.11. The second-order valence-electron chi connectivity index (χ2n) is 7.57. The van der Waals surface area contributed by atoms with Crippen LogP contribution in [0, 0.1) is 17.6 Å². The summed E-state index contributed by atoms with van der Waals surface area (Å²) >= 11 is 25.8. The van der Waals surface area contributed by atoms with Gasteiger partial charge >= 0.3 is 0 Å². The first kappa shape index (κ1) is 25.4. The zero-order valence-corrected chi connectivity index (χ0v) is 22.3. The fraction of sp³-hybridized carbons (Fsp3) is 0.130. The van der Waals surface area contributed by atoms with Crippen LogP contribution >= 0.6 is 66.7 Å². The normalized spacial score (nSPS) is 18.3. The number of halogens is 7. The summed E-state index contributed by atoms with van der Waals surface area (Å²) in [5.41, 5.74) is 0.315. The number of hydrogen-bond acceptors (Lipinski definition) is 2. The maximum absolute atomic E-state index is 13.9. The van der Waals surface area contributed by atoms with Gasteiger partial charge in [-0.25, -0.2) is 8.78 Å². The Balaban J connectivity index is 1.53. The minimum absolute atomic E-state index is 0.0274. The summed E-state index contributed by atoms with van der Waals surface area (Å²) in [5.74, 6) is -4.39. The number of amides is 2. The highest BCUT2D eigenvalue weighted by atomic mass is 79.9. The van der Waals surface area contributed by atoms with Gasteiger partial charge in [0.05, 0.1) is 16.5 Å². The van der Waals surface area contributed by atoms with Crippen LogP contribution in [0.4, 0.5) is 20.2 Å². The summed E-state index contributed by atoms with van der Waals surface area (Å²) in [6.45, 7) is 0. The van der Waals surface area contributed by atoms with E-state index in [4.69, 9.17) is 34.8 Å². The van der Waals surface area contributed by atoms with Crippen molar-refractivity contribution in [3.63, 3.8) is 0 Å². The Bertz CT molecular complexity index is 1280. The molecule has 3 aromatic rings. The van der Waals surface area contributed by atoms with Gasteiger partial charge in [-0.3, -0.25) is 9.59 Å². The van der Waals surface area contributed by atoms with Gasteiger partial charge in [0.15, 0.2) is 0 Å². The molecule has 1 aliphatic carbocycles. The van der Waals surface area contributed by atoms with Crippen molar-refractivity contribution in [3.8, 4) is 0 Å². The summed E-state index contributed by atoms with van der Waals surface area (Å²) in [6.07, 6.45) is 0. The molecule has 2 amide bonds. The fourth-order valence-corrected chi connectivity index (χ4v) is 5.98. The van der Waals surface area contributed by atoms with Crippen LogP contribution in [0.1, 0.15) is 21.8 Å². The molecule has 1 fully saturated rings. The lowest BCUT2D eigenvalue weighted by atomic mass is 10.1. The lowest BCUT2D eigenvalue weighted by Crippen LogP contribution is -2.18. The quantitative estimate of drug-likeness (QED) is 0.275. The Labute approximate surface area is 225 Å². The van der Waals surface area contributed by atoms with E-state index in [0.29, 0.717) is 0 Å². The number of carbonyl (C=O) groups is 2. The van der Waals surface area contributed by atoms with Crippen molar-refractivity contribution in [2.45, 2.75) is 10.3 Å². The number of alkyl halides is 2. The number of para-hydroxylation sites is 1. The van der Waals surface area contributed by atoms with Crippen molar-refractivity contribution in [1.29, 1.82) is 0 Å². The van der Waals surface area contributed by atoms with Gasteiger partial charge in [-0.1, -0.05) is 49.5 Å². The van der Waals surface area contributed by atoms with Crippen molar-refractivity contribution in [1.82, 2.24) is 0 Å². The molecule has 176 valence electrons. The largest absolute Gasteiger partial charge is 0.326 e. The molecule has 11 heteroatoms. The minimum atomic E-state index is -1.32. The van der Waals surface area contributed by atoms with E-state index < -0.39 is 45.3 Å². The predicted octanol–water partition coefficient (Wildman–Crippen LogP) is 7.92. The smallest absolute Gasteiger partial charge is 0.257 e. The highest BCUT2D eigenvalue weighted by molar-refractivity contribution is 9.11. The molecule has 0 saturated heterocycles. The first-order valence-electron chi connectivity index (χ1n) is 9.68. The maximum Gasteiger partial charge on any atom is 0.257 e. The number of nitrogens with one attached hydrogen (secondary N) is 2. The average Bonchev–Trinajstić information content (AvgIpc) is 3.33. The third-order valence-corrected chi connectivity index (χ3v) is 7.45. The molecule has 4 nitrogen and oxygen atoms in total. The molecule has 1 saturated carbocycles. The van der Waals surface area contributed by atoms with E-state index in [2.05, 4.69) is 42.5 Å². The molecule has 0 unspecified atom stereocenters. The molecular formula is C23H13Br2Cl3F2N2O2. The Hall–Kier alpha value is -1.71. The zero-order valence-electron chi connectivity index (χ0n) is 16.8. The Morgan fingerprint density at radius 1 is 0.912 bits per heavy atom. The number of hydrogen-bond donors (Lipinski definition) is 2. The van der Waals surface area contributed by atoms with Crippen LogP contribution in [0.3, 0.4) is 0 Å². The van der Waals surface area contributed by atoms with E-state index in [9.17, 15) is 18.4 Å². The van der Waals surface area contributed by atoms with Crippen molar-refractivity contribution >= 4 is 89.9 Å². The Kier molecular flexibility index (Phi) is 7.27. The molecule has 0 bridgehead atoms. The summed E-state index contributed by atoms with van der Waals surface area (Å²) in [4.78, 5) is 25.6. The Morgan fingerprint density at radius 3 is 2.15 bits per heavy atom. The highest BCUT2D eigenvalue weighted by Gasteiger charge is 2.67. The number of rotatable bonds is 5. The summed E-state index contributed by atoms with van der Waals surface area (Å²) in [6, 6.07) is 12.9. The van der Waals surface area contributed by atoms with Gasteiger partial charge < -0.3 is 10.6 Å². The monoisotopic (exact) mass is 650 g/mol. The van der Waals surface area contributed by atoms with Gasteiger partial charge in [-0.05, 0) is 54.1 Å². The van der Waals surface area contributed by atoms with Gasteiger partial charge in [-0.15, -0.1) is 23.2 Å². The molecule has 2 atom stereocenters. The highest BCUT2D eigenvalue weighted by Crippen LogP contribution is 2.65. The lowest BCUT2D eigenvalue weighted by molar-refractivity contribution is -0.117. The molecule has 4 rings (SSSR count). The first-order valence-corrected chi connectivity index (χ1v) is 12.4. The first-order chi connectivity index (χ1) is 16.0. The topological polar surface area (TPSA) is 58.2 Å². The van der Waals surface area contributed by atoms with E-state index in [1.807, 2.05) is 18.2 Å². The maximum atomic E-state index is 13.9. The molecule has 2 N–H and O–H groups in total. The van der Waals surface area contributed by atoms with E-state index in [1.165, 1.54) is 24.3 Å². The van der Waals surface area contributed by atoms with E-state index in [0.717, 1.165) is 26.6 Å². The molecule has 0 spiro atoms. The van der Waals surface area contributed by atoms with Crippen LogP contribution < -0.4 is 10.6 Å². The molecule has 0 aromatic heterocycles. The van der Waals surface area contributed by atoms with Crippen LogP contribution in [0.5, 0.6) is 0 Å².